The summed E-state index contributed by atoms with van der Waals surface area (Å²) in [6.45, 7) is 3.17. The van der Waals surface area contributed by atoms with E-state index in [-0.39, 0.29) is 17.0 Å². The van der Waals surface area contributed by atoms with Crippen LogP contribution in [0.1, 0.15) is 11.3 Å². The van der Waals surface area contributed by atoms with E-state index in [1.807, 2.05) is 18.2 Å². The molecule has 8 heteroatoms. The molecule has 1 fully saturated rings. The number of pyridine rings is 1. The van der Waals surface area contributed by atoms with Crippen molar-refractivity contribution in [2.24, 2.45) is 0 Å². The summed E-state index contributed by atoms with van der Waals surface area (Å²) in [6, 6.07) is 15.0. The third kappa shape index (κ3) is 4.01. The Bertz CT molecular complexity index is 1230. The Kier molecular flexibility index (Phi) is 5.66. The number of nitrogens with one attached hydrogen (secondary N) is 1. The van der Waals surface area contributed by atoms with Gasteiger partial charge >= 0.3 is 0 Å². The summed E-state index contributed by atoms with van der Waals surface area (Å²) in [5.74, 6) is -0.0525. The van der Waals surface area contributed by atoms with Crippen LogP contribution in [0, 0.1) is 0 Å². The van der Waals surface area contributed by atoms with Crippen LogP contribution in [-0.2, 0) is 9.53 Å². The summed E-state index contributed by atoms with van der Waals surface area (Å²) in [4.78, 5) is 19.2. The number of anilines is 2. The van der Waals surface area contributed by atoms with E-state index in [4.69, 9.17) is 21.1 Å². The molecule has 0 saturated carbocycles. The summed E-state index contributed by atoms with van der Waals surface area (Å²) < 4.78 is 10.5. The van der Waals surface area contributed by atoms with Gasteiger partial charge < -0.3 is 24.8 Å². The lowest BCUT2D eigenvalue weighted by molar-refractivity contribution is -0.110. The molecule has 2 aromatic carbocycles. The monoisotopic (exact) mass is 463 g/mol. The zero-order valence-corrected chi connectivity index (χ0v) is 18.7. The second kappa shape index (κ2) is 8.77. The molecule has 3 heterocycles. The van der Waals surface area contributed by atoms with Crippen LogP contribution in [0.15, 0.2) is 54.7 Å². The number of rotatable bonds is 4. The first-order chi connectivity index (χ1) is 16.0. The van der Waals surface area contributed by atoms with Gasteiger partial charge in [-0.05, 0) is 42.0 Å². The SMILES string of the molecule is COc1ccc(/C(O)=C2\C(=O)Nc3cc(Cl)c(-c4ccc(N5CCOCC5)cc4)cc32)nc1. The minimum atomic E-state index is -0.406. The van der Waals surface area contributed by atoms with E-state index in [1.165, 1.54) is 13.3 Å². The van der Waals surface area contributed by atoms with Crippen LogP contribution in [0.25, 0.3) is 22.5 Å². The lowest BCUT2D eigenvalue weighted by Crippen LogP contribution is -2.36. The minimum Gasteiger partial charge on any atom is -0.505 e. The van der Waals surface area contributed by atoms with Crippen LogP contribution < -0.4 is 15.0 Å². The third-order valence-electron chi connectivity index (χ3n) is 5.86. The Morgan fingerprint density at radius 1 is 1.12 bits per heavy atom. The Morgan fingerprint density at radius 3 is 2.55 bits per heavy atom. The fourth-order valence-corrected chi connectivity index (χ4v) is 4.36. The van der Waals surface area contributed by atoms with Crippen molar-refractivity contribution >= 4 is 40.2 Å². The zero-order valence-electron chi connectivity index (χ0n) is 18.0. The van der Waals surface area contributed by atoms with Gasteiger partial charge in [-0.2, -0.15) is 0 Å². The summed E-state index contributed by atoms with van der Waals surface area (Å²) >= 11 is 6.57. The highest BCUT2D eigenvalue weighted by Gasteiger charge is 2.30. The minimum absolute atomic E-state index is 0.158. The van der Waals surface area contributed by atoms with Crippen molar-refractivity contribution in [3.05, 3.63) is 71.0 Å². The van der Waals surface area contributed by atoms with Gasteiger partial charge in [-0.1, -0.05) is 23.7 Å². The first-order valence-corrected chi connectivity index (χ1v) is 10.9. The normalized spacial score (nSPS) is 16.9. The highest BCUT2D eigenvalue weighted by atomic mass is 35.5. The molecule has 168 valence electrons. The van der Waals surface area contributed by atoms with E-state index in [2.05, 4.69) is 27.3 Å². The fourth-order valence-electron chi connectivity index (χ4n) is 4.09. The molecule has 33 heavy (non-hydrogen) atoms. The Hall–Kier alpha value is -3.55. The smallest absolute Gasteiger partial charge is 0.260 e. The molecule has 0 spiro atoms. The van der Waals surface area contributed by atoms with Crippen LogP contribution >= 0.6 is 11.6 Å². The lowest BCUT2D eigenvalue weighted by atomic mass is 9.97. The number of benzene rings is 2. The number of nitrogens with zero attached hydrogens (tertiary/aromatic N) is 2. The molecule has 1 amide bonds. The van der Waals surface area contributed by atoms with Gasteiger partial charge in [0.05, 0.1) is 42.8 Å². The molecular formula is C25H22ClN3O4. The summed E-state index contributed by atoms with van der Waals surface area (Å²) in [6.07, 6.45) is 1.49. The predicted octanol–water partition coefficient (Wildman–Crippen LogP) is 4.63. The maximum Gasteiger partial charge on any atom is 0.260 e. The second-order valence-corrected chi connectivity index (χ2v) is 8.19. The Balaban J connectivity index is 1.52. The molecular weight excluding hydrogens is 442 g/mol. The molecule has 0 radical (unpaired) electrons. The molecule has 1 aromatic heterocycles. The average Bonchev–Trinajstić information content (AvgIpc) is 3.18. The number of amides is 1. The van der Waals surface area contributed by atoms with Crippen molar-refractivity contribution in [1.82, 2.24) is 4.98 Å². The summed E-state index contributed by atoms with van der Waals surface area (Å²) in [5.41, 5.74) is 4.38. The number of aliphatic hydroxyl groups is 1. The van der Waals surface area contributed by atoms with Crippen LogP contribution in [-0.4, -0.2) is 49.4 Å². The highest BCUT2D eigenvalue weighted by molar-refractivity contribution is 6.38. The third-order valence-corrected chi connectivity index (χ3v) is 6.17. The van der Waals surface area contributed by atoms with Crippen LogP contribution in [0.3, 0.4) is 0 Å². The largest absolute Gasteiger partial charge is 0.505 e. The molecule has 1 saturated heterocycles. The van der Waals surface area contributed by atoms with Gasteiger partial charge in [0.25, 0.3) is 5.91 Å². The van der Waals surface area contributed by atoms with Crippen molar-refractivity contribution in [1.29, 1.82) is 0 Å². The molecule has 2 aliphatic rings. The number of aliphatic hydroxyl groups excluding tert-OH is 1. The van der Waals surface area contributed by atoms with Gasteiger partial charge in [-0.15, -0.1) is 0 Å². The van der Waals surface area contributed by atoms with Crippen LogP contribution in [0.5, 0.6) is 5.75 Å². The number of hydrogen-bond donors (Lipinski definition) is 2. The topological polar surface area (TPSA) is 83.9 Å². The maximum absolute atomic E-state index is 12.7. The quantitative estimate of drug-likeness (QED) is 0.433. The van der Waals surface area contributed by atoms with E-state index >= 15 is 0 Å². The van der Waals surface area contributed by atoms with Gasteiger partial charge in [0.15, 0.2) is 5.76 Å². The van der Waals surface area contributed by atoms with Crippen molar-refractivity contribution < 1.29 is 19.4 Å². The zero-order chi connectivity index (χ0) is 22.9. The summed E-state index contributed by atoms with van der Waals surface area (Å²) in [7, 11) is 1.54. The van der Waals surface area contributed by atoms with Gasteiger partial charge in [0.2, 0.25) is 0 Å². The van der Waals surface area contributed by atoms with E-state index in [9.17, 15) is 9.90 Å². The Morgan fingerprint density at radius 2 is 1.88 bits per heavy atom. The molecule has 5 rings (SSSR count). The molecule has 0 bridgehead atoms. The molecule has 3 aromatic rings. The number of aromatic nitrogens is 1. The molecule has 0 aliphatic carbocycles. The maximum atomic E-state index is 12.7. The van der Waals surface area contributed by atoms with Gasteiger partial charge in [-0.3, -0.25) is 4.79 Å². The van der Waals surface area contributed by atoms with Crippen molar-refractivity contribution in [2.45, 2.75) is 0 Å². The van der Waals surface area contributed by atoms with Crippen LogP contribution in [0.2, 0.25) is 5.02 Å². The van der Waals surface area contributed by atoms with Gasteiger partial charge in [-0.25, -0.2) is 4.98 Å². The number of fused-ring (bicyclic) bond motifs is 1. The number of hydrogen-bond acceptors (Lipinski definition) is 6. The van der Waals surface area contributed by atoms with E-state index in [0.717, 1.165) is 43.1 Å². The van der Waals surface area contributed by atoms with Gasteiger partial charge in [0.1, 0.15) is 11.4 Å². The van der Waals surface area contributed by atoms with Crippen molar-refractivity contribution in [3.63, 3.8) is 0 Å². The van der Waals surface area contributed by atoms with Crippen molar-refractivity contribution in [2.75, 3.05) is 43.6 Å². The lowest BCUT2D eigenvalue weighted by Gasteiger charge is -2.29. The number of morpholine rings is 1. The van der Waals surface area contributed by atoms with Gasteiger partial charge in [0, 0.05) is 29.9 Å². The van der Waals surface area contributed by atoms with Crippen LogP contribution in [0.4, 0.5) is 11.4 Å². The molecule has 2 N–H and O–H groups in total. The molecule has 2 aliphatic heterocycles. The average molecular weight is 464 g/mol. The number of carbonyl (C=O) groups excluding carboxylic acids is 1. The standard InChI is InChI=1S/C25H22ClN3O4/c1-32-17-6-7-21(27-14-17)24(30)23-19-12-18(20(26)13-22(19)28-25(23)31)15-2-4-16(5-3-15)29-8-10-33-11-9-29/h2-7,12-14,30H,8-11H2,1H3,(H,28,31)/b24-23+. The van der Waals surface area contributed by atoms with E-state index in [1.54, 1.807) is 18.2 Å². The number of carbonyl (C=O) groups is 1. The number of ether oxygens (including phenoxy) is 2. The number of halogens is 1. The first-order valence-electron chi connectivity index (χ1n) is 10.6. The second-order valence-electron chi connectivity index (χ2n) is 7.78. The highest BCUT2D eigenvalue weighted by Crippen LogP contribution is 2.42. The van der Waals surface area contributed by atoms with Crippen molar-refractivity contribution in [3.8, 4) is 16.9 Å². The fraction of sp³-hybridized carbons (Fsp3) is 0.200. The van der Waals surface area contributed by atoms with E-state index < -0.39 is 5.91 Å². The molecule has 7 nitrogen and oxygen atoms in total. The molecule has 0 atom stereocenters. The first kappa shape index (κ1) is 21.3. The van der Waals surface area contributed by atoms with E-state index in [0.29, 0.717) is 22.0 Å². The Labute approximate surface area is 196 Å². The summed E-state index contributed by atoms with van der Waals surface area (Å²) in [5, 5.41) is 14.2. The molecule has 0 unspecified atom stereocenters. The number of methoxy groups -OCH3 is 1. The predicted molar refractivity (Wildman–Crippen MR) is 129 cm³/mol.